The molecule has 88 valence electrons. The molecule has 4 heteroatoms. The Kier molecular flexibility index (Phi) is 3.82. The van der Waals surface area contributed by atoms with E-state index in [-0.39, 0.29) is 0 Å². The van der Waals surface area contributed by atoms with E-state index in [0.29, 0.717) is 5.02 Å². The van der Waals surface area contributed by atoms with Crippen LogP contribution in [0.2, 0.25) is 5.02 Å². The lowest BCUT2D eigenvalue weighted by atomic mass is 10.3. The molecule has 0 saturated heterocycles. The number of nitrogen functional groups attached to an aromatic ring is 1. The largest absolute Gasteiger partial charge is 0.496 e. The molecule has 2 N–H and O–H groups in total. The van der Waals surface area contributed by atoms with Gasteiger partial charge in [0.2, 0.25) is 0 Å². The zero-order valence-electron chi connectivity index (χ0n) is 9.31. The van der Waals surface area contributed by atoms with Gasteiger partial charge in [0.1, 0.15) is 5.75 Å². The van der Waals surface area contributed by atoms with Crippen molar-refractivity contribution in [1.82, 2.24) is 0 Å². The van der Waals surface area contributed by atoms with E-state index in [4.69, 9.17) is 22.1 Å². The second kappa shape index (κ2) is 5.34. The Balaban J connectivity index is 2.35. The van der Waals surface area contributed by atoms with E-state index >= 15 is 0 Å². The number of nitrogens with two attached hydrogens (primary N) is 1. The minimum absolute atomic E-state index is 0.683. The van der Waals surface area contributed by atoms with Gasteiger partial charge in [-0.2, -0.15) is 0 Å². The molecule has 0 aliphatic rings. The summed E-state index contributed by atoms with van der Waals surface area (Å²) in [5.41, 5.74) is 6.65. The lowest BCUT2D eigenvalue weighted by molar-refractivity contribution is 0.405. The van der Waals surface area contributed by atoms with Crippen molar-refractivity contribution in [3.05, 3.63) is 47.5 Å². The van der Waals surface area contributed by atoms with Crippen molar-refractivity contribution >= 4 is 29.1 Å². The molecule has 0 fully saturated rings. The summed E-state index contributed by atoms with van der Waals surface area (Å²) in [6.45, 7) is 0. The lowest BCUT2D eigenvalue weighted by Crippen LogP contribution is -1.89. The standard InChI is InChI=1S/C13H12ClNOS/c1-16-11-7-6-9(14)8-13(11)17-12-5-3-2-4-10(12)15/h2-8H,15H2,1H3. The minimum atomic E-state index is 0.683. The highest BCUT2D eigenvalue weighted by Crippen LogP contribution is 2.38. The molecule has 0 spiro atoms. The van der Waals surface area contributed by atoms with Crippen LogP contribution in [-0.4, -0.2) is 7.11 Å². The molecule has 0 aliphatic heterocycles. The van der Waals surface area contributed by atoms with Crippen molar-refractivity contribution in [3.8, 4) is 5.75 Å². The maximum atomic E-state index is 5.98. The molecule has 0 unspecified atom stereocenters. The summed E-state index contributed by atoms with van der Waals surface area (Å²) in [6.07, 6.45) is 0. The molecule has 2 aromatic carbocycles. The zero-order valence-corrected chi connectivity index (χ0v) is 10.9. The van der Waals surface area contributed by atoms with Crippen LogP contribution in [-0.2, 0) is 0 Å². The highest BCUT2D eigenvalue weighted by molar-refractivity contribution is 7.99. The number of rotatable bonds is 3. The third-order valence-electron chi connectivity index (χ3n) is 2.26. The molecule has 0 aromatic heterocycles. The molecule has 2 aromatic rings. The first-order valence-electron chi connectivity index (χ1n) is 5.06. The molecule has 17 heavy (non-hydrogen) atoms. The van der Waals surface area contributed by atoms with Gasteiger partial charge in [-0.3, -0.25) is 0 Å². The van der Waals surface area contributed by atoms with Crippen LogP contribution in [0, 0.1) is 0 Å². The van der Waals surface area contributed by atoms with E-state index in [1.165, 1.54) is 0 Å². The van der Waals surface area contributed by atoms with Gasteiger partial charge < -0.3 is 10.5 Å². The molecular formula is C13H12ClNOS. The van der Waals surface area contributed by atoms with Crippen LogP contribution in [0.3, 0.4) is 0 Å². The Labute approximate surface area is 110 Å². The number of anilines is 1. The first-order chi connectivity index (χ1) is 8.20. The first-order valence-corrected chi connectivity index (χ1v) is 6.26. The SMILES string of the molecule is COc1ccc(Cl)cc1Sc1ccccc1N. The van der Waals surface area contributed by atoms with E-state index in [9.17, 15) is 0 Å². The topological polar surface area (TPSA) is 35.2 Å². The number of ether oxygens (including phenoxy) is 1. The van der Waals surface area contributed by atoms with Crippen LogP contribution in [0.25, 0.3) is 0 Å². The fourth-order valence-electron chi connectivity index (χ4n) is 1.42. The van der Waals surface area contributed by atoms with E-state index in [1.54, 1.807) is 24.9 Å². The number of hydrogen-bond donors (Lipinski definition) is 1. The minimum Gasteiger partial charge on any atom is -0.496 e. The van der Waals surface area contributed by atoms with Crippen molar-refractivity contribution in [2.45, 2.75) is 9.79 Å². The van der Waals surface area contributed by atoms with Gasteiger partial charge in [0.15, 0.2) is 0 Å². The van der Waals surface area contributed by atoms with Crippen molar-refractivity contribution in [2.75, 3.05) is 12.8 Å². The summed E-state index contributed by atoms with van der Waals surface area (Å²) < 4.78 is 5.29. The Bertz CT molecular complexity index is 531. The summed E-state index contributed by atoms with van der Waals surface area (Å²) in [4.78, 5) is 1.95. The predicted octanol–water partition coefficient (Wildman–Crippen LogP) is 4.08. The number of hydrogen-bond acceptors (Lipinski definition) is 3. The third kappa shape index (κ3) is 2.87. The number of halogens is 1. The normalized spacial score (nSPS) is 10.2. The lowest BCUT2D eigenvalue weighted by Gasteiger charge is -2.09. The van der Waals surface area contributed by atoms with Crippen LogP contribution in [0.15, 0.2) is 52.3 Å². The van der Waals surface area contributed by atoms with Gasteiger partial charge in [-0.1, -0.05) is 35.5 Å². The number of para-hydroxylation sites is 1. The van der Waals surface area contributed by atoms with Gasteiger partial charge in [0.05, 0.1) is 12.0 Å². The van der Waals surface area contributed by atoms with Gasteiger partial charge in [-0.25, -0.2) is 0 Å². The van der Waals surface area contributed by atoms with Crippen LogP contribution >= 0.6 is 23.4 Å². The van der Waals surface area contributed by atoms with Crippen LogP contribution in [0.1, 0.15) is 0 Å². The maximum absolute atomic E-state index is 5.98. The summed E-state index contributed by atoms with van der Waals surface area (Å²) in [6, 6.07) is 13.2. The number of methoxy groups -OCH3 is 1. The highest BCUT2D eigenvalue weighted by atomic mass is 35.5. The molecule has 0 atom stereocenters. The monoisotopic (exact) mass is 265 g/mol. The molecule has 0 radical (unpaired) electrons. The van der Waals surface area contributed by atoms with Gasteiger partial charge in [-0.15, -0.1) is 0 Å². The fourth-order valence-corrected chi connectivity index (χ4v) is 2.67. The van der Waals surface area contributed by atoms with E-state index in [0.717, 1.165) is 21.2 Å². The van der Waals surface area contributed by atoms with Gasteiger partial charge in [0.25, 0.3) is 0 Å². The molecule has 0 heterocycles. The second-order valence-corrected chi connectivity index (χ2v) is 4.96. The summed E-state index contributed by atoms with van der Waals surface area (Å²) in [5, 5.41) is 0.683. The van der Waals surface area contributed by atoms with Gasteiger partial charge in [0, 0.05) is 15.6 Å². The average molecular weight is 266 g/mol. The number of benzene rings is 2. The molecule has 0 bridgehead atoms. The van der Waals surface area contributed by atoms with Crippen molar-refractivity contribution in [1.29, 1.82) is 0 Å². The van der Waals surface area contributed by atoms with Crippen molar-refractivity contribution in [2.24, 2.45) is 0 Å². The van der Waals surface area contributed by atoms with Gasteiger partial charge >= 0.3 is 0 Å². The Morgan fingerprint density at radius 1 is 1.12 bits per heavy atom. The Morgan fingerprint density at radius 3 is 2.59 bits per heavy atom. The Morgan fingerprint density at radius 2 is 1.88 bits per heavy atom. The molecule has 0 amide bonds. The first kappa shape index (κ1) is 12.1. The van der Waals surface area contributed by atoms with Crippen molar-refractivity contribution in [3.63, 3.8) is 0 Å². The molecule has 0 aliphatic carbocycles. The average Bonchev–Trinajstić information content (AvgIpc) is 2.32. The van der Waals surface area contributed by atoms with Crippen LogP contribution in [0.4, 0.5) is 5.69 Å². The Hall–Kier alpha value is -1.32. The van der Waals surface area contributed by atoms with E-state index in [1.807, 2.05) is 36.4 Å². The van der Waals surface area contributed by atoms with Crippen LogP contribution in [0.5, 0.6) is 5.75 Å². The highest BCUT2D eigenvalue weighted by Gasteiger charge is 2.07. The maximum Gasteiger partial charge on any atom is 0.132 e. The molecule has 2 rings (SSSR count). The predicted molar refractivity (Wildman–Crippen MR) is 73.0 cm³/mol. The van der Waals surface area contributed by atoms with E-state index in [2.05, 4.69) is 0 Å². The third-order valence-corrected chi connectivity index (χ3v) is 3.63. The molecular weight excluding hydrogens is 254 g/mol. The van der Waals surface area contributed by atoms with E-state index < -0.39 is 0 Å². The second-order valence-electron chi connectivity index (χ2n) is 3.44. The smallest absolute Gasteiger partial charge is 0.132 e. The summed E-state index contributed by atoms with van der Waals surface area (Å²) in [7, 11) is 1.64. The molecule has 2 nitrogen and oxygen atoms in total. The fraction of sp³-hybridized carbons (Fsp3) is 0.0769. The van der Waals surface area contributed by atoms with Gasteiger partial charge in [-0.05, 0) is 30.3 Å². The van der Waals surface area contributed by atoms with Crippen molar-refractivity contribution < 1.29 is 4.74 Å². The van der Waals surface area contributed by atoms with Crippen LogP contribution < -0.4 is 10.5 Å². The molecule has 0 saturated carbocycles. The summed E-state index contributed by atoms with van der Waals surface area (Å²) >= 11 is 7.52. The zero-order chi connectivity index (χ0) is 12.3. The summed E-state index contributed by atoms with van der Waals surface area (Å²) in [5.74, 6) is 0.794. The quantitative estimate of drug-likeness (QED) is 0.850.